The highest BCUT2D eigenvalue weighted by Crippen LogP contribution is 2.39. The topological polar surface area (TPSA) is 27.0 Å². The van der Waals surface area contributed by atoms with Gasteiger partial charge in [-0.25, -0.2) is 0 Å². The minimum absolute atomic E-state index is 0.538. The zero-order valence-corrected chi connectivity index (χ0v) is 10.3. The average Bonchev–Trinajstić information content (AvgIpc) is 2.93. The molecular formula is C13H15ClN2. The number of benzene rings is 1. The summed E-state index contributed by atoms with van der Waals surface area (Å²) in [5.41, 5.74) is 1.52. The number of anilines is 1. The van der Waals surface area contributed by atoms with E-state index in [1.54, 1.807) is 6.07 Å². The summed E-state index contributed by atoms with van der Waals surface area (Å²) >= 11 is 6.01. The summed E-state index contributed by atoms with van der Waals surface area (Å²) in [5.74, 6) is 1.60. The molecule has 2 rings (SSSR count). The third-order valence-corrected chi connectivity index (χ3v) is 3.61. The second-order valence-corrected chi connectivity index (χ2v) is 5.01. The van der Waals surface area contributed by atoms with E-state index < -0.39 is 0 Å². The van der Waals surface area contributed by atoms with E-state index in [9.17, 15) is 0 Å². The molecule has 2 unspecified atom stereocenters. The van der Waals surface area contributed by atoms with Crippen LogP contribution < -0.4 is 4.90 Å². The first-order valence-electron chi connectivity index (χ1n) is 5.53. The van der Waals surface area contributed by atoms with Gasteiger partial charge in [-0.3, -0.25) is 0 Å². The molecule has 1 aromatic carbocycles. The quantitative estimate of drug-likeness (QED) is 0.803. The number of nitriles is 1. The van der Waals surface area contributed by atoms with Gasteiger partial charge in [-0.05, 0) is 30.4 Å². The lowest BCUT2D eigenvalue weighted by atomic mass is 10.1. The smallest absolute Gasteiger partial charge is 0.103 e. The summed E-state index contributed by atoms with van der Waals surface area (Å²) in [7, 11) is 2.03. The standard InChI is InChI=1S/C13H15ClN2/c1-9-6-10(9)8-16(2)13-5-3-4-12(14)11(13)7-15/h3-5,9-10H,6,8H2,1-2H3. The van der Waals surface area contributed by atoms with Crippen molar-refractivity contribution in [2.45, 2.75) is 13.3 Å². The van der Waals surface area contributed by atoms with Crippen LogP contribution >= 0.6 is 11.6 Å². The summed E-state index contributed by atoms with van der Waals surface area (Å²) in [6, 6.07) is 7.79. The Morgan fingerprint density at radius 3 is 2.81 bits per heavy atom. The molecule has 0 radical (unpaired) electrons. The van der Waals surface area contributed by atoms with Crippen molar-refractivity contribution >= 4 is 17.3 Å². The zero-order chi connectivity index (χ0) is 11.7. The molecular weight excluding hydrogens is 220 g/mol. The van der Waals surface area contributed by atoms with Gasteiger partial charge >= 0.3 is 0 Å². The van der Waals surface area contributed by atoms with Gasteiger partial charge in [0, 0.05) is 13.6 Å². The van der Waals surface area contributed by atoms with Crippen LogP contribution in [0.1, 0.15) is 18.9 Å². The minimum Gasteiger partial charge on any atom is -0.373 e. The molecule has 1 fully saturated rings. The maximum Gasteiger partial charge on any atom is 0.103 e. The van der Waals surface area contributed by atoms with E-state index in [1.807, 2.05) is 19.2 Å². The fraction of sp³-hybridized carbons (Fsp3) is 0.462. The molecule has 16 heavy (non-hydrogen) atoms. The van der Waals surface area contributed by atoms with Crippen molar-refractivity contribution in [1.29, 1.82) is 5.26 Å². The Balaban J connectivity index is 2.19. The molecule has 0 heterocycles. The molecule has 0 N–H and O–H groups in total. The Morgan fingerprint density at radius 2 is 2.25 bits per heavy atom. The first-order valence-corrected chi connectivity index (χ1v) is 5.91. The van der Waals surface area contributed by atoms with Gasteiger partial charge in [-0.2, -0.15) is 5.26 Å². The minimum atomic E-state index is 0.538. The lowest BCUT2D eigenvalue weighted by Gasteiger charge is -2.20. The molecule has 1 aliphatic rings. The van der Waals surface area contributed by atoms with Crippen molar-refractivity contribution in [3.05, 3.63) is 28.8 Å². The third-order valence-electron chi connectivity index (χ3n) is 3.30. The van der Waals surface area contributed by atoms with Crippen molar-refractivity contribution in [3.8, 4) is 6.07 Å². The molecule has 1 saturated carbocycles. The molecule has 1 aliphatic carbocycles. The van der Waals surface area contributed by atoms with E-state index in [-0.39, 0.29) is 0 Å². The molecule has 0 aromatic heterocycles. The van der Waals surface area contributed by atoms with Crippen LogP contribution in [0.2, 0.25) is 5.02 Å². The summed E-state index contributed by atoms with van der Waals surface area (Å²) in [5, 5.41) is 9.63. The highest BCUT2D eigenvalue weighted by atomic mass is 35.5. The SMILES string of the molecule is CC1CC1CN(C)c1cccc(Cl)c1C#N. The van der Waals surface area contributed by atoms with E-state index in [4.69, 9.17) is 16.9 Å². The predicted molar refractivity (Wildman–Crippen MR) is 66.7 cm³/mol. The summed E-state index contributed by atoms with van der Waals surface area (Å²) in [6.07, 6.45) is 1.30. The van der Waals surface area contributed by atoms with Gasteiger partial charge < -0.3 is 4.90 Å². The summed E-state index contributed by atoms with van der Waals surface area (Å²) in [4.78, 5) is 2.14. The molecule has 0 bridgehead atoms. The Kier molecular flexibility index (Phi) is 3.07. The Labute approximate surface area is 101 Å². The molecule has 0 spiro atoms. The summed E-state index contributed by atoms with van der Waals surface area (Å²) in [6.45, 7) is 3.28. The fourth-order valence-electron chi connectivity index (χ4n) is 2.05. The van der Waals surface area contributed by atoms with Gasteiger partial charge in [-0.15, -0.1) is 0 Å². The predicted octanol–water partition coefficient (Wildman–Crippen LogP) is 3.30. The summed E-state index contributed by atoms with van der Waals surface area (Å²) < 4.78 is 0. The maximum atomic E-state index is 9.09. The molecule has 84 valence electrons. The Hall–Kier alpha value is -1.20. The van der Waals surface area contributed by atoms with Gasteiger partial charge in [0.1, 0.15) is 6.07 Å². The first-order chi connectivity index (χ1) is 7.63. The van der Waals surface area contributed by atoms with Gasteiger partial charge in [0.05, 0.1) is 16.3 Å². The van der Waals surface area contributed by atoms with Crippen LogP contribution in [0.5, 0.6) is 0 Å². The second kappa shape index (κ2) is 4.35. The van der Waals surface area contributed by atoms with E-state index >= 15 is 0 Å². The fourth-order valence-corrected chi connectivity index (χ4v) is 2.26. The van der Waals surface area contributed by atoms with Gasteiger partial charge in [0.2, 0.25) is 0 Å². The van der Waals surface area contributed by atoms with Crippen LogP contribution in [0, 0.1) is 23.2 Å². The second-order valence-electron chi connectivity index (χ2n) is 4.60. The monoisotopic (exact) mass is 234 g/mol. The third kappa shape index (κ3) is 2.15. The number of nitrogens with zero attached hydrogens (tertiary/aromatic N) is 2. The largest absolute Gasteiger partial charge is 0.373 e. The van der Waals surface area contributed by atoms with E-state index in [1.165, 1.54) is 6.42 Å². The van der Waals surface area contributed by atoms with E-state index in [2.05, 4.69) is 17.9 Å². The van der Waals surface area contributed by atoms with Crippen LogP contribution in [0.3, 0.4) is 0 Å². The Morgan fingerprint density at radius 1 is 1.56 bits per heavy atom. The molecule has 3 heteroatoms. The molecule has 2 atom stereocenters. The Bertz CT molecular complexity index is 436. The normalized spacial score (nSPS) is 22.6. The highest BCUT2D eigenvalue weighted by Gasteiger charge is 2.33. The average molecular weight is 235 g/mol. The van der Waals surface area contributed by atoms with Crippen molar-refractivity contribution in [2.24, 2.45) is 11.8 Å². The van der Waals surface area contributed by atoms with Crippen LogP contribution in [0.4, 0.5) is 5.69 Å². The van der Waals surface area contributed by atoms with Gasteiger partial charge in [-0.1, -0.05) is 24.6 Å². The molecule has 2 nitrogen and oxygen atoms in total. The van der Waals surface area contributed by atoms with Gasteiger partial charge in [0.25, 0.3) is 0 Å². The van der Waals surface area contributed by atoms with Crippen molar-refractivity contribution in [3.63, 3.8) is 0 Å². The van der Waals surface area contributed by atoms with Gasteiger partial charge in [0.15, 0.2) is 0 Å². The van der Waals surface area contributed by atoms with Crippen LogP contribution in [0.25, 0.3) is 0 Å². The lowest BCUT2D eigenvalue weighted by Crippen LogP contribution is -2.21. The van der Waals surface area contributed by atoms with Crippen molar-refractivity contribution in [2.75, 3.05) is 18.5 Å². The molecule has 1 aromatic rings. The van der Waals surface area contributed by atoms with Crippen LogP contribution in [-0.4, -0.2) is 13.6 Å². The number of rotatable bonds is 3. The van der Waals surface area contributed by atoms with Crippen molar-refractivity contribution in [1.82, 2.24) is 0 Å². The number of halogens is 1. The first kappa shape index (κ1) is 11.3. The van der Waals surface area contributed by atoms with Crippen LogP contribution in [0.15, 0.2) is 18.2 Å². The van der Waals surface area contributed by atoms with Crippen LogP contribution in [-0.2, 0) is 0 Å². The van der Waals surface area contributed by atoms with E-state index in [0.29, 0.717) is 10.6 Å². The number of hydrogen-bond acceptors (Lipinski definition) is 2. The molecule has 0 amide bonds. The zero-order valence-electron chi connectivity index (χ0n) is 9.57. The van der Waals surface area contributed by atoms with E-state index in [0.717, 1.165) is 24.1 Å². The van der Waals surface area contributed by atoms with Crippen molar-refractivity contribution < 1.29 is 0 Å². The number of hydrogen-bond donors (Lipinski definition) is 0. The molecule has 0 saturated heterocycles. The highest BCUT2D eigenvalue weighted by molar-refractivity contribution is 6.32. The molecule has 0 aliphatic heterocycles. The maximum absolute atomic E-state index is 9.09. The lowest BCUT2D eigenvalue weighted by molar-refractivity contribution is 0.725.